The summed E-state index contributed by atoms with van der Waals surface area (Å²) in [5, 5.41) is 2.54. The molecule has 0 saturated carbocycles. The third-order valence-electron chi connectivity index (χ3n) is 4.13. The molecule has 2 fully saturated rings. The van der Waals surface area contributed by atoms with Crippen molar-refractivity contribution in [1.82, 2.24) is 14.8 Å². The predicted molar refractivity (Wildman–Crippen MR) is 78.1 cm³/mol. The Labute approximate surface area is 127 Å². The molecule has 2 aliphatic rings. The topological polar surface area (TPSA) is 62.7 Å². The molecule has 0 aliphatic carbocycles. The second kappa shape index (κ2) is 6.01. The number of hydrogen-bond acceptors (Lipinski definition) is 5. The summed E-state index contributed by atoms with van der Waals surface area (Å²) >= 11 is 1.47. The molecule has 0 aromatic carbocycles. The number of nitrogens with zero attached hydrogens (tertiary/aromatic N) is 3. The highest BCUT2D eigenvalue weighted by atomic mass is 32.1. The molecular formula is C14H19N3O3S. The first kappa shape index (κ1) is 14.3. The van der Waals surface area contributed by atoms with Gasteiger partial charge in [-0.1, -0.05) is 11.3 Å². The zero-order valence-electron chi connectivity index (χ0n) is 12.0. The Morgan fingerprint density at radius 3 is 2.57 bits per heavy atom. The molecule has 0 N–H and O–H groups in total. The lowest BCUT2D eigenvalue weighted by Crippen LogP contribution is -2.58. The van der Waals surface area contributed by atoms with Crippen LogP contribution in [0.25, 0.3) is 0 Å². The molecule has 0 radical (unpaired) electrons. The van der Waals surface area contributed by atoms with Gasteiger partial charge in [0.1, 0.15) is 6.10 Å². The van der Waals surface area contributed by atoms with Crippen molar-refractivity contribution >= 4 is 23.2 Å². The predicted octanol–water partition coefficient (Wildman–Crippen LogP) is 0.991. The smallest absolute Gasteiger partial charge is 0.273 e. The summed E-state index contributed by atoms with van der Waals surface area (Å²) in [6.07, 6.45) is 3.32. The molecule has 21 heavy (non-hydrogen) atoms. The van der Waals surface area contributed by atoms with E-state index >= 15 is 0 Å². The minimum Gasteiger partial charge on any atom is -0.463 e. The summed E-state index contributed by atoms with van der Waals surface area (Å²) in [6.45, 7) is 4.26. The zero-order valence-corrected chi connectivity index (χ0v) is 12.8. The van der Waals surface area contributed by atoms with E-state index in [0.717, 1.165) is 12.8 Å². The lowest BCUT2D eigenvalue weighted by atomic mass is 9.93. The summed E-state index contributed by atoms with van der Waals surface area (Å²) < 4.78 is 5.67. The van der Waals surface area contributed by atoms with E-state index in [-0.39, 0.29) is 23.8 Å². The number of thiazole rings is 1. The maximum absolute atomic E-state index is 12.4. The van der Waals surface area contributed by atoms with Gasteiger partial charge >= 0.3 is 0 Å². The number of carbonyl (C=O) groups is 2. The van der Waals surface area contributed by atoms with E-state index in [4.69, 9.17) is 4.74 Å². The number of likely N-dealkylation sites (tertiary alicyclic amines) is 2. The fourth-order valence-electron chi connectivity index (χ4n) is 2.80. The summed E-state index contributed by atoms with van der Waals surface area (Å²) in [7, 11) is 0. The van der Waals surface area contributed by atoms with Crippen molar-refractivity contribution in [3.8, 4) is 5.19 Å². The van der Waals surface area contributed by atoms with Crippen LogP contribution in [0.3, 0.4) is 0 Å². The van der Waals surface area contributed by atoms with Crippen LogP contribution in [0.2, 0.25) is 0 Å². The summed E-state index contributed by atoms with van der Waals surface area (Å²) in [4.78, 5) is 31.4. The molecule has 114 valence electrons. The Bertz CT molecular complexity index is 506. The van der Waals surface area contributed by atoms with Crippen molar-refractivity contribution in [2.75, 3.05) is 26.2 Å². The van der Waals surface area contributed by atoms with Crippen LogP contribution in [0.4, 0.5) is 0 Å². The van der Waals surface area contributed by atoms with Gasteiger partial charge in [0.25, 0.3) is 5.19 Å². The quantitative estimate of drug-likeness (QED) is 0.835. The number of piperidine rings is 1. The average Bonchev–Trinajstić information content (AvgIpc) is 2.95. The van der Waals surface area contributed by atoms with Crippen LogP contribution in [0, 0.1) is 5.92 Å². The minimum absolute atomic E-state index is 0.0569. The molecule has 1 aromatic rings. The minimum atomic E-state index is 0.0569. The van der Waals surface area contributed by atoms with E-state index in [1.54, 1.807) is 13.1 Å². The second-order valence-electron chi connectivity index (χ2n) is 5.56. The molecule has 3 heterocycles. The molecule has 0 spiro atoms. The second-order valence-corrected chi connectivity index (χ2v) is 6.42. The first-order valence-corrected chi connectivity index (χ1v) is 8.12. The van der Waals surface area contributed by atoms with Crippen molar-refractivity contribution in [2.24, 2.45) is 5.92 Å². The molecule has 0 atom stereocenters. The lowest BCUT2D eigenvalue weighted by Gasteiger charge is -2.41. The first-order valence-electron chi connectivity index (χ1n) is 7.24. The molecule has 1 aromatic heterocycles. The van der Waals surface area contributed by atoms with Crippen LogP contribution in [-0.4, -0.2) is 58.9 Å². The van der Waals surface area contributed by atoms with E-state index in [1.807, 2.05) is 15.2 Å². The Kier molecular flexibility index (Phi) is 4.10. The van der Waals surface area contributed by atoms with Gasteiger partial charge in [0.2, 0.25) is 11.8 Å². The number of aromatic nitrogens is 1. The summed E-state index contributed by atoms with van der Waals surface area (Å²) in [5.41, 5.74) is 0. The number of ether oxygens (including phenoxy) is 1. The monoisotopic (exact) mass is 309 g/mol. The Morgan fingerprint density at radius 2 is 2.00 bits per heavy atom. The van der Waals surface area contributed by atoms with Gasteiger partial charge in [-0.05, 0) is 12.8 Å². The number of rotatable bonds is 3. The molecule has 6 nitrogen and oxygen atoms in total. The molecule has 2 saturated heterocycles. The van der Waals surface area contributed by atoms with Gasteiger partial charge in [0, 0.05) is 37.5 Å². The van der Waals surface area contributed by atoms with E-state index in [2.05, 4.69) is 4.98 Å². The van der Waals surface area contributed by atoms with Gasteiger partial charge in [-0.2, -0.15) is 0 Å². The lowest BCUT2D eigenvalue weighted by molar-refractivity contribution is -0.147. The molecule has 3 rings (SSSR count). The standard InChI is InChI=1S/C14H19N3O3S/c1-10(18)16-5-2-11(3-6-16)13(19)17-8-12(9-17)20-14-15-4-7-21-14/h4,7,11-12H,2-3,5-6,8-9H2,1H3. The normalized spacial score (nSPS) is 20.2. The van der Waals surface area contributed by atoms with Crippen LogP contribution < -0.4 is 4.74 Å². The van der Waals surface area contributed by atoms with E-state index < -0.39 is 0 Å². The van der Waals surface area contributed by atoms with Crippen LogP contribution in [-0.2, 0) is 9.59 Å². The van der Waals surface area contributed by atoms with Crippen molar-refractivity contribution in [1.29, 1.82) is 0 Å². The molecule has 2 amide bonds. The van der Waals surface area contributed by atoms with Gasteiger partial charge in [-0.15, -0.1) is 0 Å². The molecule has 0 bridgehead atoms. The number of carbonyl (C=O) groups excluding carboxylic acids is 2. The van der Waals surface area contributed by atoms with Crippen molar-refractivity contribution in [3.05, 3.63) is 11.6 Å². The molecule has 2 aliphatic heterocycles. The van der Waals surface area contributed by atoms with Gasteiger partial charge < -0.3 is 14.5 Å². The summed E-state index contributed by atoms with van der Waals surface area (Å²) in [6, 6.07) is 0. The summed E-state index contributed by atoms with van der Waals surface area (Å²) in [5.74, 6) is 0.361. The zero-order chi connectivity index (χ0) is 14.8. The van der Waals surface area contributed by atoms with Crippen LogP contribution in [0.15, 0.2) is 11.6 Å². The van der Waals surface area contributed by atoms with Gasteiger partial charge in [-0.3, -0.25) is 9.59 Å². The van der Waals surface area contributed by atoms with Crippen LogP contribution in [0.1, 0.15) is 19.8 Å². The third kappa shape index (κ3) is 3.18. The highest BCUT2D eigenvalue weighted by Crippen LogP contribution is 2.25. The van der Waals surface area contributed by atoms with Crippen LogP contribution >= 0.6 is 11.3 Å². The Morgan fingerprint density at radius 1 is 1.29 bits per heavy atom. The maximum Gasteiger partial charge on any atom is 0.273 e. The first-order chi connectivity index (χ1) is 10.1. The number of amides is 2. The average molecular weight is 309 g/mol. The van der Waals surface area contributed by atoms with Gasteiger partial charge in [-0.25, -0.2) is 4.98 Å². The highest BCUT2D eigenvalue weighted by Gasteiger charge is 2.37. The fourth-order valence-corrected chi connectivity index (χ4v) is 3.35. The molecule has 7 heteroatoms. The van der Waals surface area contributed by atoms with E-state index in [0.29, 0.717) is 31.4 Å². The molecular weight excluding hydrogens is 290 g/mol. The Balaban J connectivity index is 1.42. The van der Waals surface area contributed by atoms with Crippen LogP contribution in [0.5, 0.6) is 5.19 Å². The Hall–Kier alpha value is -1.63. The van der Waals surface area contributed by atoms with Gasteiger partial charge in [0.15, 0.2) is 0 Å². The number of hydrogen-bond donors (Lipinski definition) is 0. The third-order valence-corrected chi connectivity index (χ3v) is 4.79. The fraction of sp³-hybridized carbons (Fsp3) is 0.643. The van der Waals surface area contributed by atoms with Crippen molar-refractivity contribution in [2.45, 2.75) is 25.9 Å². The van der Waals surface area contributed by atoms with E-state index in [9.17, 15) is 9.59 Å². The molecule has 0 unspecified atom stereocenters. The maximum atomic E-state index is 12.4. The van der Waals surface area contributed by atoms with Crippen molar-refractivity contribution < 1.29 is 14.3 Å². The largest absolute Gasteiger partial charge is 0.463 e. The van der Waals surface area contributed by atoms with Crippen molar-refractivity contribution in [3.63, 3.8) is 0 Å². The van der Waals surface area contributed by atoms with Gasteiger partial charge in [0.05, 0.1) is 13.1 Å². The highest BCUT2D eigenvalue weighted by molar-refractivity contribution is 7.11. The SMILES string of the molecule is CC(=O)N1CCC(C(=O)N2CC(Oc3nccs3)C2)CC1. The van der Waals surface area contributed by atoms with E-state index in [1.165, 1.54) is 11.3 Å².